The molecule has 2 aromatic carbocycles. The molecule has 3 N–H and O–H groups in total. The number of aryl methyl sites for hydroxylation is 1. The minimum Gasteiger partial charge on any atom is -0.494 e. The summed E-state index contributed by atoms with van der Waals surface area (Å²) < 4.78 is 5.17. The van der Waals surface area contributed by atoms with Crippen LogP contribution < -0.4 is 15.8 Å². The molecule has 0 spiro atoms. The highest BCUT2D eigenvalue weighted by atomic mass is 35.5. The molecule has 0 saturated heterocycles. The van der Waals surface area contributed by atoms with E-state index in [-0.39, 0.29) is 5.91 Å². The number of ether oxygens (including phenoxy) is 1. The molecule has 0 unspecified atom stereocenters. The molecule has 4 nitrogen and oxygen atoms in total. The van der Waals surface area contributed by atoms with Crippen molar-refractivity contribution in [1.29, 1.82) is 0 Å². The Kier molecular flexibility index (Phi) is 4.15. The fourth-order valence-electron chi connectivity index (χ4n) is 1.87. The second-order valence-electron chi connectivity index (χ2n) is 4.37. The number of rotatable bonds is 3. The third kappa shape index (κ3) is 2.86. The van der Waals surface area contributed by atoms with E-state index in [0.717, 1.165) is 5.56 Å². The molecule has 0 heterocycles. The summed E-state index contributed by atoms with van der Waals surface area (Å²) in [5, 5.41) is 3.24. The molecule has 0 bridgehead atoms. The monoisotopic (exact) mass is 290 g/mol. The number of nitrogens with two attached hydrogens (primary N) is 1. The van der Waals surface area contributed by atoms with Gasteiger partial charge in [0.25, 0.3) is 5.91 Å². The number of methoxy groups -OCH3 is 1. The minimum absolute atomic E-state index is 0.320. The summed E-state index contributed by atoms with van der Waals surface area (Å²) in [7, 11) is 1.47. The third-order valence-electron chi connectivity index (χ3n) is 2.87. The van der Waals surface area contributed by atoms with Gasteiger partial charge < -0.3 is 15.8 Å². The van der Waals surface area contributed by atoms with Gasteiger partial charge in [-0.2, -0.15) is 0 Å². The summed E-state index contributed by atoms with van der Waals surface area (Å²) in [6, 6.07) is 10.4. The van der Waals surface area contributed by atoms with E-state index in [1.165, 1.54) is 7.11 Å². The number of hydrogen-bond donors (Lipinski definition) is 2. The van der Waals surface area contributed by atoms with Crippen molar-refractivity contribution < 1.29 is 9.53 Å². The average Bonchev–Trinajstić information content (AvgIpc) is 2.41. The highest BCUT2D eigenvalue weighted by Gasteiger charge is 2.15. The highest BCUT2D eigenvalue weighted by Crippen LogP contribution is 2.28. The zero-order chi connectivity index (χ0) is 14.7. The van der Waals surface area contributed by atoms with E-state index in [0.29, 0.717) is 27.7 Å². The molecular formula is C15H15ClN2O2. The lowest BCUT2D eigenvalue weighted by molar-refractivity contribution is 0.102. The van der Waals surface area contributed by atoms with Gasteiger partial charge in [0.05, 0.1) is 29.1 Å². The van der Waals surface area contributed by atoms with E-state index < -0.39 is 0 Å². The Morgan fingerprint density at radius 3 is 2.70 bits per heavy atom. The van der Waals surface area contributed by atoms with Crippen molar-refractivity contribution in [1.82, 2.24) is 0 Å². The van der Waals surface area contributed by atoms with Crippen LogP contribution in [0.5, 0.6) is 5.75 Å². The van der Waals surface area contributed by atoms with Gasteiger partial charge in [-0.1, -0.05) is 23.7 Å². The Balaban J connectivity index is 2.31. The summed E-state index contributed by atoms with van der Waals surface area (Å²) in [5.74, 6) is 0.0353. The van der Waals surface area contributed by atoms with Crippen molar-refractivity contribution in [2.24, 2.45) is 0 Å². The van der Waals surface area contributed by atoms with Crippen molar-refractivity contribution in [2.45, 2.75) is 6.92 Å². The number of nitrogen functional groups attached to an aromatic ring is 1. The SMILES string of the molecule is COc1c(N)cccc1C(=O)Nc1ccc(C)cc1Cl. The molecule has 0 atom stereocenters. The predicted octanol–water partition coefficient (Wildman–Crippen LogP) is 3.49. The van der Waals surface area contributed by atoms with Crippen LogP contribution in [0.15, 0.2) is 36.4 Å². The van der Waals surface area contributed by atoms with Crippen LogP contribution in [0.1, 0.15) is 15.9 Å². The average molecular weight is 291 g/mol. The molecule has 0 radical (unpaired) electrons. The van der Waals surface area contributed by atoms with Gasteiger partial charge >= 0.3 is 0 Å². The fraction of sp³-hybridized carbons (Fsp3) is 0.133. The summed E-state index contributed by atoms with van der Waals surface area (Å²) in [6.45, 7) is 1.93. The molecule has 0 aliphatic heterocycles. The number of amides is 1. The van der Waals surface area contributed by atoms with E-state index in [1.807, 2.05) is 13.0 Å². The smallest absolute Gasteiger partial charge is 0.259 e. The van der Waals surface area contributed by atoms with E-state index in [1.54, 1.807) is 30.3 Å². The Bertz CT molecular complexity index is 656. The van der Waals surface area contributed by atoms with E-state index in [4.69, 9.17) is 22.1 Å². The molecule has 1 amide bonds. The lowest BCUT2D eigenvalue weighted by atomic mass is 10.1. The lowest BCUT2D eigenvalue weighted by Gasteiger charge is -2.12. The van der Waals surface area contributed by atoms with Crippen LogP contribution in [0.4, 0.5) is 11.4 Å². The lowest BCUT2D eigenvalue weighted by Crippen LogP contribution is -2.14. The topological polar surface area (TPSA) is 64.3 Å². The van der Waals surface area contributed by atoms with Crippen LogP contribution in [-0.2, 0) is 0 Å². The molecule has 0 saturated carbocycles. The number of carbonyl (C=O) groups is 1. The van der Waals surface area contributed by atoms with Gasteiger partial charge in [-0.3, -0.25) is 4.79 Å². The molecule has 5 heteroatoms. The first-order valence-corrected chi connectivity index (χ1v) is 6.40. The van der Waals surface area contributed by atoms with Crippen LogP contribution in [0.25, 0.3) is 0 Å². The summed E-state index contributed by atoms with van der Waals surface area (Å²) in [5.41, 5.74) is 8.13. The molecule has 0 aliphatic carbocycles. The first-order valence-electron chi connectivity index (χ1n) is 6.03. The molecule has 2 aromatic rings. The molecule has 20 heavy (non-hydrogen) atoms. The molecule has 2 rings (SSSR count). The van der Waals surface area contributed by atoms with Gasteiger partial charge in [-0.05, 0) is 36.8 Å². The van der Waals surface area contributed by atoms with E-state index >= 15 is 0 Å². The van der Waals surface area contributed by atoms with Crippen LogP contribution in [0.2, 0.25) is 5.02 Å². The number of nitrogens with one attached hydrogen (secondary N) is 1. The van der Waals surface area contributed by atoms with Crippen LogP contribution >= 0.6 is 11.6 Å². The van der Waals surface area contributed by atoms with E-state index in [2.05, 4.69) is 5.32 Å². The third-order valence-corrected chi connectivity index (χ3v) is 3.18. The van der Waals surface area contributed by atoms with Gasteiger partial charge in [0.15, 0.2) is 5.75 Å². The zero-order valence-electron chi connectivity index (χ0n) is 11.2. The minimum atomic E-state index is -0.320. The number of hydrogen-bond acceptors (Lipinski definition) is 3. The second-order valence-corrected chi connectivity index (χ2v) is 4.77. The molecule has 0 aliphatic rings. The molecular weight excluding hydrogens is 276 g/mol. The summed E-state index contributed by atoms with van der Waals surface area (Å²) >= 11 is 6.10. The van der Waals surface area contributed by atoms with Crippen molar-refractivity contribution in [3.05, 3.63) is 52.5 Å². The highest BCUT2D eigenvalue weighted by molar-refractivity contribution is 6.34. The number of carbonyl (C=O) groups excluding carboxylic acids is 1. The quantitative estimate of drug-likeness (QED) is 0.851. The standard InChI is InChI=1S/C15H15ClN2O2/c1-9-6-7-13(11(16)8-9)18-15(19)10-4-3-5-12(17)14(10)20-2/h3-8H,17H2,1-2H3,(H,18,19). The van der Waals surface area contributed by atoms with Gasteiger partial charge in [-0.25, -0.2) is 0 Å². The Morgan fingerprint density at radius 2 is 2.05 bits per heavy atom. The maximum absolute atomic E-state index is 12.3. The zero-order valence-corrected chi connectivity index (χ0v) is 12.0. The van der Waals surface area contributed by atoms with Gasteiger partial charge in [-0.15, -0.1) is 0 Å². The molecule has 0 fully saturated rings. The number of benzene rings is 2. The van der Waals surface area contributed by atoms with Crippen molar-refractivity contribution in [3.8, 4) is 5.75 Å². The van der Waals surface area contributed by atoms with Gasteiger partial charge in [0.1, 0.15) is 0 Å². The number of para-hydroxylation sites is 1. The van der Waals surface area contributed by atoms with Crippen molar-refractivity contribution in [3.63, 3.8) is 0 Å². The molecule has 0 aromatic heterocycles. The first-order chi connectivity index (χ1) is 9.52. The fourth-order valence-corrected chi connectivity index (χ4v) is 2.15. The maximum atomic E-state index is 12.3. The van der Waals surface area contributed by atoms with Gasteiger partial charge in [0, 0.05) is 0 Å². The number of anilines is 2. The van der Waals surface area contributed by atoms with Crippen LogP contribution in [0.3, 0.4) is 0 Å². The largest absolute Gasteiger partial charge is 0.494 e. The number of halogens is 1. The second kappa shape index (κ2) is 5.84. The van der Waals surface area contributed by atoms with Gasteiger partial charge in [0.2, 0.25) is 0 Å². The van der Waals surface area contributed by atoms with E-state index in [9.17, 15) is 4.79 Å². The molecule has 104 valence electrons. The Morgan fingerprint density at radius 1 is 1.30 bits per heavy atom. The Labute approximate surface area is 122 Å². The first kappa shape index (κ1) is 14.2. The van der Waals surface area contributed by atoms with Crippen LogP contribution in [0, 0.1) is 6.92 Å². The van der Waals surface area contributed by atoms with Crippen molar-refractivity contribution >= 4 is 28.9 Å². The Hall–Kier alpha value is -2.20. The van der Waals surface area contributed by atoms with Crippen LogP contribution in [-0.4, -0.2) is 13.0 Å². The van der Waals surface area contributed by atoms with Crippen molar-refractivity contribution in [2.75, 3.05) is 18.2 Å². The summed E-state index contributed by atoms with van der Waals surface area (Å²) in [4.78, 5) is 12.3. The predicted molar refractivity (Wildman–Crippen MR) is 81.5 cm³/mol. The maximum Gasteiger partial charge on any atom is 0.259 e. The summed E-state index contributed by atoms with van der Waals surface area (Å²) in [6.07, 6.45) is 0. The normalized spacial score (nSPS) is 10.2.